The zero-order valence-corrected chi connectivity index (χ0v) is 9.75. The van der Waals surface area contributed by atoms with Crippen LogP contribution in [0.4, 0.5) is 0 Å². The van der Waals surface area contributed by atoms with Gasteiger partial charge < -0.3 is 5.32 Å². The van der Waals surface area contributed by atoms with E-state index in [0.717, 1.165) is 16.1 Å². The van der Waals surface area contributed by atoms with Gasteiger partial charge in [-0.2, -0.15) is 0 Å². The number of aryl methyl sites for hydroxylation is 1. The minimum atomic E-state index is -0.0479. The Morgan fingerprint density at radius 3 is 2.94 bits per heavy atom. The maximum atomic E-state index is 11.8. The number of nitrogens with zero attached hydrogens (tertiary/aromatic N) is 1. The van der Waals surface area contributed by atoms with Crippen molar-refractivity contribution in [2.24, 2.45) is 0 Å². The van der Waals surface area contributed by atoms with E-state index >= 15 is 0 Å². The van der Waals surface area contributed by atoms with Gasteiger partial charge in [0.15, 0.2) is 0 Å². The third-order valence-electron chi connectivity index (χ3n) is 2.27. The number of hydrogen-bond acceptors (Lipinski definition) is 3. The van der Waals surface area contributed by atoms with E-state index in [0.29, 0.717) is 6.54 Å². The van der Waals surface area contributed by atoms with Crippen LogP contribution < -0.4 is 5.32 Å². The molecule has 0 saturated carbocycles. The van der Waals surface area contributed by atoms with Crippen LogP contribution in [0.2, 0.25) is 0 Å². The minimum Gasteiger partial charge on any atom is -0.346 e. The van der Waals surface area contributed by atoms with Gasteiger partial charge in [-0.15, -0.1) is 11.3 Å². The Labute approximate surface area is 98.2 Å². The van der Waals surface area contributed by atoms with Crippen LogP contribution in [0.25, 0.3) is 0 Å². The van der Waals surface area contributed by atoms with Gasteiger partial charge in [-0.25, -0.2) is 4.98 Å². The SMILES string of the molecule is Cc1ccccc1C(=O)NCc1nccs1. The van der Waals surface area contributed by atoms with Gasteiger partial charge in [0.25, 0.3) is 5.91 Å². The van der Waals surface area contributed by atoms with Gasteiger partial charge in [-0.1, -0.05) is 18.2 Å². The van der Waals surface area contributed by atoms with Crippen LogP contribution in [0.5, 0.6) is 0 Å². The summed E-state index contributed by atoms with van der Waals surface area (Å²) in [5, 5.41) is 5.67. The number of carbonyl (C=O) groups is 1. The van der Waals surface area contributed by atoms with Crippen molar-refractivity contribution >= 4 is 17.2 Å². The van der Waals surface area contributed by atoms with Crippen molar-refractivity contribution in [1.29, 1.82) is 0 Å². The molecule has 3 nitrogen and oxygen atoms in total. The highest BCUT2D eigenvalue weighted by atomic mass is 32.1. The second-order valence-corrected chi connectivity index (χ2v) is 4.40. The Morgan fingerprint density at radius 1 is 1.44 bits per heavy atom. The Bertz CT molecular complexity index is 480. The Hall–Kier alpha value is -1.68. The molecule has 82 valence electrons. The molecule has 1 heterocycles. The molecule has 0 radical (unpaired) electrons. The molecular formula is C12H12N2OS. The fourth-order valence-electron chi connectivity index (χ4n) is 1.42. The molecular weight excluding hydrogens is 220 g/mol. The summed E-state index contributed by atoms with van der Waals surface area (Å²) >= 11 is 1.54. The summed E-state index contributed by atoms with van der Waals surface area (Å²) in [6, 6.07) is 7.54. The molecule has 0 saturated heterocycles. The van der Waals surface area contributed by atoms with Crippen LogP contribution in [-0.4, -0.2) is 10.9 Å². The number of rotatable bonds is 3. The van der Waals surface area contributed by atoms with Crippen LogP contribution >= 0.6 is 11.3 Å². The summed E-state index contributed by atoms with van der Waals surface area (Å²) in [4.78, 5) is 15.9. The maximum absolute atomic E-state index is 11.8. The summed E-state index contributed by atoms with van der Waals surface area (Å²) in [6.07, 6.45) is 1.74. The Morgan fingerprint density at radius 2 is 2.25 bits per heavy atom. The highest BCUT2D eigenvalue weighted by Crippen LogP contribution is 2.08. The van der Waals surface area contributed by atoms with Crippen molar-refractivity contribution in [3.63, 3.8) is 0 Å². The average molecular weight is 232 g/mol. The van der Waals surface area contributed by atoms with E-state index in [1.165, 1.54) is 11.3 Å². The maximum Gasteiger partial charge on any atom is 0.251 e. The Kier molecular flexibility index (Phi) is 3.31. The predicted octanol–water partition coefficient (Wildman–Crippen LogP) is 2.38. The number of thiazole rings is 1. The highest BCUT2D eigenvalue weighted by Gasteiger charge is 2.07. The lowest BCUT2D eigenvalue weighted by Gasteiger charge is -2.05. The van der Waals surface area contributed by atoms with Crippen LogP contribution in [0.3, 0.4) is 0 Å². The van der Waals surface area contributed by atoms with E-state index in [4.69, 9.17) is 0 Å². The zero-order valence-electron chi connectivity index (χ0n) is 8.93. The van der Waals surface area contributed by atoms with E-state index in [1.54, 1.807) is 6.20 Å². The first-order valence-electron chi connectivity index (χ1n) is 4.99. The molecule has 2 rings (SSSR count). The second kappa shape index (κ2) is 4.90. The number of nitrogens with one attached hydrogen (secondary N) is 1. The normalized spacial score (nSPS) is 10.1. The molecule has 1 N–H and O–H groups in total. The van der Waals surface area contributed by atoms with Gasteiger partial charge >= 0.3 is 0 Å². The van der Waals surface area contributed by atoms with Gasteiger partial charge in [-0.05, 0) is 18.6 Å². The summed E-state index contributed by atoms with van der Waals surface area (Å²) in [7, 11) is 0. The van der Waals surface area contributed by atoms with Crippen molar-refractivity contribution in [1.82, 2.24) is 10.3 Å². The smallest absolute Gasteiger partial charge is 0.251 e. The van der Waals surface area contributed by atoms with Gasteiger partial charge in [0, 0.05) is 17.1 Å². The van der Waals surface area contributed by atoms with E-state index in [1.807, 2.05) is 36.6 Å². The van der Waals surface area contributed by atoms with Crippen molar-refractivity contribution in [3.8, 4) is 0 Å². The number of carbonyl (C=O) groups excluding carboxylic acids is 1. The zero-order chi connectivity index (χ0) is 11.4. The third-order valence-corrected chi connectivity index (χ3v) is 3.05. The molecule has 0 fully saturated rings. The molecule has 0 bridgehead atoms. The third kappa shape index (κ3) is 2.46. The molecule has 0 aliphatic rings. The molecule has 4 heteroatoms. The van der Waals surface area contributed by atoms with Gasteiger partial charge in [0.05, 0.1) is 6.54 Å². The molecule has 0 aliphatic heterocycles. The number of amides is 1. The van der Waals surface area contributed by atoms with E-state index < -0.39 is 0 Å². The van der Waals surface area contributed by atoms with Crippen molar-refractivity contribution in [2.75, 3.05) is 0 Å². The first kappa shape index (κ1) is 10.8. The lowest BCUT2D eigenvalue weighted by molar-refractivity contribution is 0.0950. The fraction of sp³-hybridized carbons (Fsp3) is 0.167. The van der Waals surface area contributed by atoms with Crippen LogP contribution in [-0.2, 0) is 6.54 Å². The monoisotopic (exact) mass is 232 g/mol. The van der Waals surface area contributed by atoms with E-state index in [2.05, 4.69) is 10.3 Å². The first-order valence-corrected chi connectivity index (χ1v) is 5.87. The fourth-order valence-corrected chi connectivity index (χ4v) is 1.98. The van der Waals surface area contributed by atoms with Crippen molar-refractivity contribution < 1.29 is 4.79 Å². The molecule has 0 unspecified atom stereocenters. The quantitative estimate of drug-likeness (QED) is 0.882. The number of benzene rings is 1. The summed E-state index contributed by atoms with van der Waals surface area (Å²) in [5.74, 6) is -0.0479. The predicted molar refractivity (Wildman–Crippen MR) is 64.5 cm³/mol. The molecule has 16 heavy (non-hydrogen) atoms. The first-order chi connectivity index (χ1) is 7.77. The van der Waals surface area contributed by atoms with Crippen LogP contribution in [0.1, 0.15) is 20.9 Å². The number of hydrogen-bond donors (Lipinski definition) is 1. The molecule has 0 aliphatic carbocycles. The van der Waals surface area contributed by atoms with Crippen molar-refractivity contribution in [2.45, 2.75) is 13.5 Å². The van der Waals surface area contributed by atoms with Gasteiger partial charge in [0.2, 0.25) is 0 Å². The van der Waals surface area contributed by atoms with Crippen LogP contribution in [0.15, 0.2) is 35.8 Å². The van der Waals surface area contributed by atoms with E-state index in [-0.39, 0.29) is 5.91 Å². The Balaban J connectivity index is 2.01. The summed E-state index contributed by atoms with van der Waals surface area (Å²) in [6.45, 7) is 2.42. The lowest BCUT2D eigenvalue weighted by Crippen LogP contribution is -2.23. The second-order valence-electron chi connectivity index (χ2n) is 3.42. The largest absolute Gasteiger partial charge is 0.346 e. The van der Waals surface area contributed by atoms with Crippen LogP contribution in [0, 0.1) is 6.92 Å². The summed E-state index contributed by atoms with van der Waals surface area (Å²) < 4.78 is 0. The van der Waals surface area contributed by atoms with E-state index in [9.17, 15) is 4.79 Å². The molecule has 2 aromatic rings. The topological polar surface area (TPSA) is 42.0 Å². The molecule has 1 amide bonds. The molecule has 1 aromatic carbocycles. The summed E-state index contributed by atoms with van der Waals surface area (Å²) in [5.41, 5.74) is 1.71. The minimum absolute atomic E-state index is 0.0479. The highest BCUT2D eigenvalue weighted by molar-refractivity contribution is 7.09. The van der Waals surface area contributed by atoms with Crippen molar-refractivity contribution in [3.05, 3.63) is 52.0 Å². The molecule has 0 spiro atoms. The van der Waals surface area contributed by atoms with Gasteiger partial charge in [-0.3, -0.25) is 4.79 Å². The lowest BCUT2D eigenvalue weighted by atomic mass is 10.1. The average Bonchev–Trinajstić information content (AvgIpc) is 2.79. The standard InChI is InChI=1S/C12H12N2OS/c1-9-4-2-3-5-10(9)12(15)14-8-11-13-6-7-16-11/h2-7H,8H2,1H3,(H,14,15). The molecule has 1 aromatic heterocycles. The molecule has 0 atom stereocenters. The van der Waals surface area contributed by atoms with Gasteiger partial charge in [0.1, 0.15) is 5.01 Å². The number of aromatic nitrogens is 1.